The van der Waals surface area contributed by atoms with E-state index in [1.807, 2.05) is 91.8 Å². The van der Waals surface area contributed by atoms with Gasteiger partial charge in [-0.2, -0.15) is 4.98 Å². The Kier molecular flexibility index (Phi) is 6.06. The quantitative estimate of drug-likeness (QED) is 0.305. The smallest absolute Gasteiger partial charge is 0.225 e. The number of ether oxygens (including phenoxy) is 1. The first-order valence-corrected chi connectivity index (χ1v) is 12.4. The van der Waals surface area contributed by atoms with Gasteiger partial charge in [0.25, 0.3) is 0 Å². The van der Waals surface area contributed by atoms with Crippen LogP contribution in [0.2, 0.25) is 0 Å². The van der Waals surface area contributed by atoms with Crippen molar-refractivity contribution in [2.75, 3.05) is 37.0 Å². The van der Waals surface area contributed by atoms with Crippen molar-refractivity contribution in [3.05, 3.63) is 78.5 Å². The molecule has 3 aromatic heterocycles. The number of pyridine rings is 1. The van der Waals surface area contributed by atoms with Crippen LogP contribution >= 0.6 is 0 Å². The van der Waals surface area contributed by atoms with Crippen molar-refractivity contribution < 1.29 is 4.74 Å². The third-order valence-electron chi connectivity index (χ3n) is 6.35. The summed E-state index contributed by atoms with van der Waals surface area (Å²) in [5.74, 6) is 3.98. The maximum atomic E-state index is 6.28. The van der Waals surface area contributed by atoms with Crippen molar-refractivity contribution in [2.24, 2.45) is 0 Å². The third kappa shape index (κ3) is 4.78. The summed E-state index contributed by atoms with van der Waals surface area (Å²) in [5, 5.41) is 2.02. The Morgan fingerprint density at radius 2 is 1.62 bits per heavy atom. The number of aromatic nitrogens is 5. The van der Waals surface area contributed by atoms with Gasteiger partial charge in [0.2, 0.25) is 5.88 Å². The summed E-state index contributed by atoms with van der Waals surface area (Å²) in [6.45, 7) is 1.94. The van der Waals surface area contributed by atoms with Crippen LogP contribution in [0.4, 0.5) is 11.6 Å². The fourth-order valence-electron chi connectivity index (χ4n) is 4.58. The molecular weight excluding hydrogens is 462 g/mol. The third-order valence-corrected chi connectivity index (χ3v) is 6.35. The lowest BCUT2D eigenvalue weighted by atomic mass is 10.2. The van der Waals surface area contributed by atoms with E-state index in [0.717, 1.165) is 59.4 Å². The molecule has 37 heavy (non-hydrogen) atoms. The molecule has 5 aromatic rings. The summed E-state index contributed by atoms with van der Waals surface area (Å²) >= 11 is 0. The van der Waals surface area contributed by atoms with Crippen LogP contribution in [0.5, 0.6) is 11.6 Å². The molecule has 0 amide bonds. The molecular formula is C29H27N7O. The van der Waals surface area contributed by atoms with Gasteiger partial charge in [0.05, 0.1) is 5.52 Å². The van der Waals surface area contributed by atoms with Crippen molar-refractivity contribution >= 4 is 45.6 Å². The maximum absolute atomic E-state index is 6.28. The Bertz CT molecular complexity index is 1600. The summed E-state index contributed by atoms with van der Waals surface area (Å²) < 4.78 is 6.28. The number of hydrogen-bond donors (Lipinski definition) is 0. The monoisotopic (exact) mass is 489 g/mol. The van der Waals surface area contributed by atoms with Crippen molar-refractivity contribution in [2.45, 2.75) is 12.8 Å². The predicted octanol–water partition coefficient (Wildman–Crippen LogP) is 5.60. The molecule has 0 unspecified atom stereocenters. The number of hydrogen-bond acceptors (Lipinski definition) is 8. The van der Waals surface area contributed by atoms with Gasteiger partial charge >= 0.3 is 0 Å². The number of rotatable bonds is 6. The second-order valence-electron chi connectivity index (χ2n) is 9.20. The first-order chi connectivity index (χ1) is 18.1. The standard InChI is InChI=1S/C29H27N7O/c1-35(2)29-21-11-3-4-12-22(21)31-24(34-29)14-15-25-32-26(36-17-5-6-18-36)19-27(33-25)37-23-13-7-9-20-10-8-16-30-28(20)23/h3-4,7-16,19H,5-6,17-18H2,1-2H3/b15-14+. The molecule has 184 valence electrons. The highest BCUT2D eigenvalue weighted by atomic mass is 16.5. The second kappa shape index (κ2) is 9.81. The van der Waals surface area contributed by atoms with Crippen LogP contribution in [-0.4, -0.2) is 52.1 Å². The average Bonchev–Trinajstić information content (AvgIpc) is 3.47. The van der Waals surface area contributed by atoms with E-state index >= 15 is 0 Å². The molecule has 1 fully saturated rings. The van der Waals surface area contributed by atoms with E-state index in [0.29, 0.717) is 23.3 Å². The van der Waals surface area contributed by atoms with Crippen molar-refractivity contribution in [3.8, 4) is 11.6 Å². The van der Waals surface area contributed by atoms with Crippen LogP contribution in [0.3, 0.4) is 0 Å². The molecule has 8 heteroatoms. The molecule has 1 aliphatic rings. The Hall–Kier alpha value is -4.59. The Morgan fingerprint density at radius 1 is 0.838 bits per heavy atom. The highest BCUT2D eigenvalue weighted by molar-refractivity contribution is 5.90. The minimum atomic E-state index is 0.475. The van der Waals surface area contributed by atoms with E-state index in [-0.39, 0.29) is 0 Å². The Labute approximate surface area is 215 Å². The summed E-state index contributed by atoms with van der Waals surface area (Å²) in [4.78, 5) is 27.8. The maximum Gasteiger partial charge on any atom is 0.225 e. The first-order valence-electron chi connectivity index (χ1n) is 12.4. The van der Waals surface area contributed by atoms with Crippen molar-refractivity contribution in [3.63, 3.8) is 0 Å². The van der Waals surface area contributed by atoms with Crippen LogP contribution in [0.1, 0.15) is 24.5 Å². The summed E-state index contributed by atoms with van der Waals surface area (Å²) in [6.07, 6.45) is 7.77. The summed E-state index contributed by atoms with van der Waals surface area (Å²) in [6, 6.07) is 19.7. The van der Waals surface area contributed by atoms with E-state index in [1.54, 1.807) is 6.20 Å². The number of fused-ring (bicyclic) bond motifs is 2. The van der Waals surface area contributed by atoms with Gasteiger partial charge < -0.3 is 14.5 Å². The zero-order chi connectivity index (χ0) is 25.2. The van der Waals surface area contributed by atoms with Gasteiger partial charge in [-0.3, -0.25) is 4.98 Å². The Morgan fingerprint density at radius 3 is 2.46 bits per heavy atom. The van der Waals surface area contributed by atoms with Gasteiger partial charge in [0, 0.05) is 50.2 Å². The average molecular weight is 490 g/mol. The number of nitrogens with zero attached hydrogens (tertiary/aromatic N) is 7. The fraction of sp³-hybridized carbons (Fsp3) is 0.207. The molecule has 0 saturated carbocycles. The van der Waals surface area contributed by atoms with Crippen molar-refractivity contribution in [1.82, 2.24) is 24.9 Å². The molecule has 0 spiro atoms. The lowest BCUT2D eigenvalue weighted by molar-refractivity contribution is 0.465. The summed E-state index contributed by atoms with van der Waals surface area (Å²) in [5.41, 5.74) is 1.68. The summed E-state index contributed by atoms with van der Waals surface area (Å²) in [7, 11) is 3.97. The molecule has 8 nitrogen and oxygen atoms in total. The molecule has 0 radical (unpaired) electrons. The largest absolute Gasteiger partial charge is 0.437 e. The fourth-order valence-corrected chi connectivity index (χ4v) is 4.58. The number of anilines is 2. The number of para-hydroxylation sites is 2. The van der Waals surface area contributed by atoms with Gasteiger partial charge in [0.15, 0.2) is 17.4 Å². The molecule has 6 rings (SSSR count). The van der Waals surface area contributed by atoms with Gasteiger partial charge in [-0.15, -0.1) is 0 Å². The van der Waals surface area contributed by atoms with Crippen LogP contribution in [0, 0.1) is 0 Å². The lowest BCUT2D eigenvalue weighted by Crippen LogP contribution is -2.19. The zero-order valence-electron chi connectivity index (χ0n) is 20.9. The topological polar surface area (TPSA) is 80.2 Å². The van der Waals surface area contributed by atoms with Gasteiger partial charge in [-0.25, -0.2) is 15.0 Å². The van der Waals surface area contributed by atoms with E-state index in [4.69, 9.17) is 24.7 Å². The highest BCUT2D eigenvalue weighted by Gasteiger charge is 2.17. The van der Waals surface area contributed by atoms with Crippen LogP contribution in [-0.2, 0) is 0 Å². The van der Waals surface area contributed by atoms with E-state index in [9.17, 15) is 0 Å². The highest BCUT2D eigenvalue weighted by Crippen LogP contribution is 2.30. The predicted molar refractivity (Wildman–Crippen MR) is 148 cm³/mol. The molecule has 1 saturated heterocycles. The molecule has 0 aliphatic carbocycles. The molecule has 2 aromatic carbocycles. The Balaban J connectivity index is 1.38. The van der Waals surface area contributed by atoms with E-state index < -0.39 is 0 Å². The molecule has 4 heterocycles. The van der Waals surface area contributed by atoms with Crippen LogP contribution in [0.25, 0.3) is 34.0 Å². The molecule has 0 bridgehead atoms. The first kappa shape index (κ1) is 22.8. The SMILES string of the molecule is CN(C)c1nc(/C=C/c2nc(Oc3cccc4cccnc34)cc(N3CCCC3)n2)nc2ccccc12. The molecule has 0 N–H and O–H groups in total. The van der Waals surface area contributed by atoms with Gasteiger partial charge in [-0.1, -0.05) is 30.3 Å². The van der Waals surface area contributed by atoms with E-state index in [2.05, 4.69) is 9.88 Å². The zero-order valence-corrected chi connectivity index (χ0v) is 20.9. The number of benzene rings is 2. The van der Waals surface area contributed by atoms with Gasteiger partial charge in [-0.05, 0) is 49.3 Å². The minimum Gasteiger partial charge on any atom is -0.437 e. The lowest BCUT2D eigenvalue weighted by Gasteiger charge is -2.17. The normalized spacial score (nSPS) is 13.6. The van der Waals surface area contributed by atoms with E-state index in [1.165, 1.54) is 0 Å². The second-order valence-corrected chi connectivity index (χ2v) is 9.20. The van der Waals surface area contributed by atoms with Gasteiger partial charge in [0.1, 0.15) is 17.2 Å². The molecule has 1 aliphatic heterocycles. The molecule has 0 atom stereocenters. The van der Waals surface area contributed by atoms with Crippen LogP contribution < -0.4 is 14.5 Å². The van der Waals surface area contributed by atoms with Crippen molar-refractivity contribution in [1.29, 1.82) is 0 Å². The minimum absolute atomic E-state index is 0.475. The van der Waals surface area contributed by atoms with Crippen LogP contribution in [0.15, 0.2) is 66.9 Å².